The van der Waals surface area contributed by atoms with E-state index in [2.05, 4.69) is 29.7 Å². The number of carbonyl (C=O) groups is 1. The monoisotopic (exact) mass is 535 g/mol. The molecule has 4 heterocycles. The third kappa shape index (κ3) is 4.93. The maximum absolute atomic E-state index is 12.1. The molecule has 0 aromatic heterocycles. The van der Waals surface area contributed by atoms with Crippen LogP contribution in [0.4, 0.5) is 10.5 Å². The van der Waals surface area contributed by atoms with E-state index in [4.69, 9.17) is 24.0 Å². The summed E-state index contributed by atoms with van der Waals surface area (Å²) in [6.45, 7) is 8.40. The maximum Gasteiger partial charge on any atom is 0.339 e. The van der Waals surface area contributed by atoms with E-state index in [0.717, 1.165) is 36.8 Å². The van der Waals surface area contributed by atoms with Gasteiger partial charge in [-0.1, -0.05) is 31.5 Å². The molecule has 2 bridgehead atoms. The van der Waals surface area contributed by atoms with E-state index in [1.807, 2.05) is 62.4 Å². The van der Waals surface area contributed by atoms with Gasteiger partial charge < -0.3 is 19.5 Å². The molecule has 0 radical (unpaired) electrons. The van der Waals surface area contributed by atoms with Crippen LogP contribution in [0.15, 0.2) is 53.6 Å². The molecule has 4 saturated heterocycles. The van der Waals surface area contributed by atoms with Crippen molar-refractivity contribution in [3.05, 3.63) is 59.7 Å². The fourth-order valence-corrected chi connectivity index (χ4v) is 6.73. The third-order valence-corrected chi connectivity index (χ3v) is 8.92. The number of benzene rings is 2. The average Bonchev–Trinajstić information content (AvgIpc) is 3.15. The van der Waals surface area contributed by atoms with Gasteiger partial charge in [-0.15, -0.1) is 0 Å². The van der Waals surface area contributed by atoms with Gasteiger partial charge in [0.05, 0.1) is 6.21 Å². The molecule has 7 rings (SSSR count). The molecule has 2 N–H and O–H groups in total. The van der Waals surface area contributed by atoms with Crippen molar-refractivity contribution in [2.45, 2.75) is 77.3 Å². The predicted octanol–water partition coefficient (Wildman–Crippen LogP) is 5.74. The minimum atomic E-state index is -0.811. The highest BCUT2D eigenvalue weighted by Gasteiger charge is 2.69. The minimum absolute atomic E-state index is 0.0865. The number of nitrogens with zero attached hydrogens (tertiary/aromatic N) is 1. The van der Waals surface area contributed by atoms with E-state index in [1.54, 1.807) is 6.21 Å². The Morgan fingerprint density at radius 2 is 1.79 bits per heavy atom. The summed E-state index contributed by atoms with van der Waals surface area (Å²) in [6, 6.07) is 14.7. The first kappa shape index (κ1) is 26.3. The van der Waals surface area contributed by atoms with Crippen molar-refractivity contribution in [2.24, 2.45) is 28.8 Å². The van der Waals surface area contributed by atoms with Crippen LogP contribution in [0.25, 0.3) is 0 Å². The maximum atomic E-state index is 12.1. The van der Waals surface area contributed by atoms with Crippen molar-refractivity contribution < 1.29 is 28.8 Å². The second-order valence-corrected chi connectivity index (χ2v) is 11.7. The molecule has 39 heavy (non-hydrogen) atoms. The van der Waals surface area contributed by atoms with Gasteiger partial charge >= 0.3 is 6.03 Å². The molecule has 1 aliphatic carbocycles. The molecule has 2 aromatic rings. The van der Waals surface area contributed by atoms with Crippen LogP contribution in [-0.2, 0) is 19.2 Å². The molecule has 8 atom stereocenters. The highest BCUT2D eigenvalue weighted by Crippen LogP contribution is 2.60. The van der Waals surface area contributed by atoms with E-state index in [1.165, 1.54) is 0 Å². The largest absolute Gasteiger partial charge is 0.465 e. The van der Waals surface area contributed by atoms with Crippen LogP contribution in [-0.4, -0.2) is 36.2 Å². The number of hydrazone groups is 1. The van der Waals surface area contributed by atoms with Gasteiger partial charge in [0.25, 0.3) is 0 Å². The second kappa shape index (κ2) is 10.2. The molecule has 1 saturated carbocycles. The zero-order valence-electron chi connectivity index (χ0n) is 22.9. The van der Waals surface area contributed by atoms with Gasteiger partial charge in [-0.2, -0.15) is 5.10 Å². The Kier molecular flexibility index (Phi) is 6.87. The van der Waals surface area contributed by atoms with Gasteiger partial charge in [-0.3, -0.25) is 0 Å². The predicted molar refractivity (Wildman–Crippen MR) is 145 cm³/mol. The highest BCUT2D eigenvalue weighted by molar-refractivity contribution is 5.90. The van der Waals surface area contributed by atoms with Gasteiger partial charge in [-0.25, -0.2) is 20.0 Å². The summed E-state index contributed by atoms with van der Waals surface area (Å²) in [5.41, 5.74) is 4.53. The minimum Gasteiger partial charge on any atom is -0.465 e. The number of fused-ring (bicyclic) bond motifs is 2. The summed E-state index contributed by atoms with van der Waals surface area (Å²) in [7, 11) is 0. The Hall–Kier alpha value is -2.98. The lowest BCUT2D eigenvalue weighted by Gasteiger charge is -2.60. The number of hydrogen-bond acceptors (Lipinski definition) is 7. The van der Waals surface area contributed by atoms with E-state index in [0.29, 0.717) is 23.3 Å². The first-order valence-electron chi connectivity index (χ1n) is 13.9. The number of carbonyl (C=O) groups excluding carboxylic acids is 1. The lowest BCUT2D eigenvalue weighted by Crippen LogP contribution is -2.70. The van der Waals surface area contributed by atoms with Crippen molar-refractivity contribution in [1.82, 2.24) is 5.43 Å². The lowest BCUT2D eigenvalue weighted by atomic mass is 9.58. The molecule has 1 spiro atoms. The van der Waals surface area contributed by atoms with Crippen molar-refractivity contribution in [3.63, 3.8) is 0 Å². The van der Waals surface area contributed by atoms with Crippen LogP contribution >= 0.6 is 0 Å². The van der Waals surface area contributed by atoms with Crippen LogP contribution in [0.2, 0.25) is 0 Å². The number of amides is 2. The number of aryl methyl sites for hydroxylation is 1. The number of hydrogen-bond donors (Lipinski definition) is 2. The third-order valence-electron chi connectivity index (χ3n) is 8.92. The first-order valence-corrected chi connectivity index (χ1v) is 13.9. The molecule has 2 amide bonds. The average molecular weight is 536 g/mol. The zero-order chi connectivity index (χ0) is 27.2. The second-order valence-electron chi connectivity index (χ2n) is 11.7. The van der Waals surface area contributed by atoms with Crippen molar-refractivity contribution in [1.29, 1.82) is 0 Å². The molecule has 5 fully saturated rings. The van der Waals surface area contributed by atoms with Crippen molar-refractivity contribution in [3.8, 4) is 5.75 Å². The molecule has 5 aliphatic rings. The lowest BCUT2D eigenvalue weighted by molar-refractivity contribution is -0.575. The number of urea groups is 1. The summed E-state index contributed by atoms with van der Waals surface area (Å²) in [5.74, 6) is 1.00. The molecule has 1 unspecified atom stereocenters. The number of anilines is 1. The first-order chi connectivity index (χ1) is 18.8. The van der Waals surface area contributed by atoms with Crippen LogP contribution in [0.1, 0.15) is 57.6 Å². The van der Waals surface area contributed by atoms with E-state index < -0.39 is 30.0 Å². The summed E-state index contributed by atoms with van der Waals surface area (Å²) in [6.07, 6.45) is 4.51. The topological polar surface area (TPSA) is 99.6 Å². The van der Waals surface area contributed by atoms with Gasteiger partial charge in [0.1, 0.15) is 5.75 Å². The van der Waals surface area contributed by atoms with Crippen molar-refractivity contribution >= 4 is 17.9 Å². The van der Waals surface area contributed by atoms with Crippen LogP contribution < -0.4 is 15.5 Å². The summed E-state index contributed by atoms with van der Waals surface area (Å²) in [4.78, 5) is 24.2. The standard InChI is InChI=1S/C30H37N3O6/c1-18-5-10-22(11-6-18)32-28(34)33-31-17-21-8-12-23(13-9-21)35-26-20(3)25-14-7-19(2)24-15-16-29(4)37-27(36-26)30(24,25)39-38-29/h5-6,8-13,17,19-20,24-27H,7,14-16H2,1-4H3,(H2,32,33,34)/b31-17+/t19-,20-,24+,25+,26+,27?,29+,30-/m1/s1. The molecule has 9 nitrogen and oxygen atoms in total. The normalized spacial score (nSPS) is 37.1. The van der Waals surface area contributed by atoms with Crippen LogP contribution in [0.3, 0.4) is 0 Å². The quantitative estimate of drug-likeness (QED) is 0.288. The molecule has 9 heteroatoms. The Bertz CT molecular complexity index is 1220. The zero-order valence-corrected chi connectivity index (χ0v) is 22.9. The van der Waals surface area contributed by atoms with Crippen molar-refractivity contribution in [2.75, 3.05) is 5.32 Å². The van der Waals surface area contributed by atoms with E-state index in [-0.39, 0.29) is 11.8 Å². The van der Waals surface area contributed by atoms with E-state index in [9.17, 15) is 4.79 Å². The van der Waals surface area contributed by atoms with Gasteiger partial charge in [-0.05, 0) is 86.9 Å². The van der Waals surface area contributed by atoms with E-state index >= 15 is 0 Å². The fourth-order valence-electron chi connectivity index (χ4n) is 6.73. The SMILES string of the molecule is Cc1ccc(NC(=O)N/N=C/c2ccc(O[C@H]3OC4O[C@]5(C)CC[C@H]6[C@H](C)CC[C@@H]([C@H]3C)[C@@]46OO5)cc2)cc1. The Labute approximate surface area is 229 Å². The molecule has 4 aliphatic heterocycles. The van der Waals surface area contributed by atoms with Crippen LogP contribution in [0, 0.1) is 30.6 Å². The van der Waals surface area contributed by atoms with Gasteiger partial charge in [0, 0.05) is 23.9 Å². The summed E-state index contributed by atoms with van der Waals surface area (Å²) in [5, 5.41) is 6.78. The smallest absolute Gasteiger partial charge is 0.339 e. The Morgan fingerprint density at radius 1 is 1.03 bits per heavy atom. The van der Waals surface area contributed by atoms with Crippen LogP contribution in [0.5, 0.6) is 5.75 Å². The molecular weight excluding hydrogens is 498 g/mol. The number of rotatable bonds is 5. The number of nitrogens with one attached hydrogen (secondary N) is 2. The molecule has 2 aromatic carbocycles. The highest BCUT2D eigenvalue weighted by atomic mass is 17.3. The summed E-state index contributed by atoms with van der Waals surface area (Å²) >= 11 is 0. The number of ether oxygens (including phenoxy) is 3. The molecular formula is C30H37N3O6. The summed E-state index contributed by atoms with van der Waals surface area (Å²) < 4.78 is 19.3. The Morgan fingerprint density at radius 3 is 2.56 bits per heavy atom. The van der Waals surface area contributed by atoms with Gasteiger partial charge in [0.2, 0.25) is 12.1 Å². The van der Waals surface area contributed by atoms with Gasteiger partial charge in [0.15, 0.2) is 11.9 Å². The fraction of sp³-hybridized carbons (Fsp3) is 0.533. The molecule has 208 valence electrons. The Balaban J connectivity index is 1.09.